The zero-order chi connectivity index (χ0) is 10.8. The third-order valence-corrected chi connectivity index (χ3v) is 3.83. The number of hydrogen-bond donors (Lipinski definition) is 1. The summed E-state index contributed by atoms with van der Waals surface area (Å²) in [4.78, 5) is 9.62. The minimum atomic E-state index is -3.60. The van der Waals surface area contributed by atoms with Crippen LogP contribution in [-0.2, 0) is 10.0 Å². The molecule has 0 aliphatic heterocycles. The van der Waals surface area contributed by atoms with E-state index in [-0.39, 0.29) is 40.1 Å². The van der Waals surface area contributed by atoms with E-state index in [4.69, 9.17) is 0 Å². The maximum absolute atomic E-state index is 11.2. The second-order valence-corrected chi connectivity index (χ2v) is 4.94. The van der Waals surface area contributed by atoms with Crippen molar-refractivity contribution in [3.63, 3.8) is 0 Å². The predicted molar refractivity (Wildman–Crippen MR) is 59.5 cm³/mol. The van der Waals surface area contributed by atoms with Gasteiger partial charge in [-0.1, -0.05) is 0 Å². The number of hydrogen-bond acceptors (Lipinski definition) is 4. The summed E-state index contributed by atoms with van der Waals surface area (Å²) in [5.41, 5.74) is -0.154. The summed E-state index contributed by atoms with van der Waals surface area (Å²) in [6.45, 7) is 0. The fourth-order valence-corrected chi connectivity index (χ4v) is 1.94. The van der Waals surface area contributed by atoms with Gasteiger partial charge in [-0.2, -0.15) is 0 Å². The number of rotatable bonds is 3. The number of benzene rings is 1. The predicted octanol–water partition coefficient (Wildman–Crippen LogP) is 0.534. The van der Waals surface area contributed by atoms with Crippen molar-refractivity contribution in [1.82, 2.24) is 3.75 Å². The molecule has 0 saturated heterocycles. The van der Waals surface area contributed by atoms with E-state index in [0.717, 1.165) is 24.3 Å². The number of sulfonamides is 1. The molecule has 78 valence electrons. The summed E-state index contributed by atoms with van der Waals surface area (Å²) < 4.78 is 24.2. The van der Waals surface area contributed by atoms with Crippen molar-refractivity contribution in [2.24, 2.45) is 0 Å². The molecule has 15 heavy (non-hydrogen) atoms. The van der Waals surface area contributed by atoms with Crippen molar-refractivity contribution in [1.29, 1.82) is 0 Å². The van der Waals surface area contributed by atoms with Gasteiger partial charge in [0.15, 0.2) is 0 Å². The Morgan fingerprint density at radius 2 is 1.73 bits per heavy atom. The number of nitro benzene ring substituents is 1. The minimum absolute atomic E-state index is 0. The molecule has 0 aromatic heterocycles. The van der Waals surface area contributed by atoms with Crippen molar-refractivity contribution >= 4 is 61.4 Å². The molecule has 1 rings (SSSR count). The van der Waals surface area contributed by atoms with Crippen LogP contribution in [0.15, 0.2) is 29.2 Å². The molecular formula is C6H6BrN2NaO4S. The summed E-state index contributed by atoms with van der Waals surface area (Å²) in [5.74, 6) is 0. The molecule has 0 amide bonds. The van der Waals surface area contributed by atoms with E-state index in [9.17, 15) is 18.5 Å². The van der Waals surface area contributed by atoms with Crippen molar-refractivity contribution in [2.75, 3.05) is 0 Å². The Labute approximate surface area is 117 Å². The quantitative estimate of drug-likeness (QED) is 0.382. The van der Waals surface area contributed by atoms with E-state index in [1.165, 1.54) is 0 Å². The molecule has 6 nitrogen and oxygen atoms in total. The molecule has 0 heterocycles. The van der Waals surface area contributed by atoms with Crippen LogP contribution in [0.3, 0.4) is 0 Å². The van der Waals surface area contributed by atoms with Crippen LogP contribution in [0, 0.1) is 10.1 Å². The monoisotopic (exact) mass is 304 g/mol. The van der Waals surface area contributed by atoms with Gasteiger partial charge in [0.25, 0.3) is 5.69 Å². The van der Waals surface area contributed by atoms with Gasteiger partial charge >= 0.3 is 29.6 Å². The fraction of sp³-hybridized carbons (Fsp3) is 0. The Kier molecular flexibility index (Phi) is 5.93. The fourth-order valence-electron chi connectivity index (χ4n) is 0.792. The van der Waals surface area contributed by atoms with Crippen molar-refractivity contribution < 1.29 is 13.3 Å². The molecule has 0 fully saturated rings. The SMILES string of the molecule is O=[N+]([O-])c1ccc(S(=O)(=O)NBr)cc1.[NaH]. The molecule has 0 unspecified atom stereocenters. The molecule has 0 aliphatic rings. The van der Waals surface area contributed by atoms with E-state index >= 15 is 0 Å². The molecule has 0 spiro atoms. The Morgan fingerprint density at radius 3 is 2.07 bits per heavy atom. The van der Waals surface area contributed by atoms with Crippen LogP contribution in [-0.4, -0.2) is 42.9 Å². The number of nitrogens with zero attached hydrogens (tertiary/aromatic N) is 1. The van der Waals surface area contributed by atoms with Gasteiger partial charge in [-0.3, -0.25) is 10.1 Å². The van der Waals surface area contributed by atoms with E-state index in [1.54, 1.807) is 0 Å². The molecular weight excluding hydrogens is 299 g/mol. The number of non-ortho nitro benzene ring substituents is 1. The zero-order valence-corrected chi connectivity index (χ0v) is 9.08. The van der Waals surface area contributed by atoms with Crippen LogP contribution in [0.4, 0.5) is 5.69 Å². The van der Waals surface area contributed by atoms with E-state index in [1.807, 2.05) is 3.75 Å². The van der Waals surface area contributed by atoms with Gasteiger partial charge in [0, 0.05) is 28.3 Å². The summed E-state index contributed by atoms with van der Waals surface area (Å²) in [6.07, 6.45) is 0. The Morgan fingerprint density at radius 1 is 1.27 bits per heavy atom. The first-order valence-electron chi connectivity index (χ1n) is 3.34. The number of nitro groups is 1. The van der Waals surface area contributed by atoms with Crippen LogP contribution < -0.4 is 3.75 Å². The van der Waals surface area contributed by atoms with Crippen molar-refractivity contribution in [3.8, 4) is 0 Å². The van der Waals surface area contributed by atoms with E-state index < -0.39 is 14.9 Å². The summed E-state index contributed by atoms with van der Waals surface area (Å²) in [5, 5.41) is 10.3. The number of nitrogens with one attached hydrogen (secondary N) is 1. The first-order chi connectivity index (χ1) is 6.47. The van der Waals surface area contributed by atoms with Gasteiger partial charge in [-0.15, -0.1) is 3.75 Å². The summed E-state index contributed by atoms with van der Waals surface area (Å²) in [6, 6.07) is 4.55. The van der Waals surface area contributed by atoms with E-state index in [2.05, 4.69) is 16.1 Å². The normalized spacial score (nSPS) is 10.5. The molecule has 0 saturated carbocycles. The molecule has 1 N–H and O–H groups in total. The third-order valence-electron chi connectivity index (χ3n) is 1.46. The first-order valence-corrected chi connectivity index (χ1v) is 5.62. The average Bonchev–Trinajstić information content (AvgIpc) is 2.18. The molecule has 1 aromatic rings. The van der Waals surface area contributed by atoms with Crippen LogP contribution in [0.5, 0.6) is 0 Å². The van der Waals surface area contributed by atoms with Crippen molar-refractivity contribution in [3.05, 3.63) is 34.4 Å². The van der Waals surface area contributed by atoms with Gasteiger partial charge in [0.05, 0.1) is 9.82 Å². The molecule has 0 atom stereocenters. The Hall–Kier alpha value is 0.01000. The van der Waals surface area contributed by atoms with Gasteiger partial charge < -0.3 is 0 Å². The van der Waals surface area contributed by atoms with Gasteiger partial charge in [0.2, 0.25) is 10.0 Å². The zero-order valence-electron chi connectivity index (χ0n) is 6.68. The number of halogens is 1. The van der Waals surface area contributed by atoms with Crippen LogP contribution in [0.25, 0.3) is 0 Å². The second kappa shape index (κ2) is 5.92. The first kappa shape index (κ1) is 15.0. The van der Waals surface area contributed by atoms with Gasteiger partial charge in [-0.05, 0) is 12.1 Å². The van der Waals surface area contributed by atoms with Crippen LogP contribution in [0.2, 0.25) is 0 Å². The summed E-state index contributed by atoms with van der Waals surface area (Å²) in [7, 11) is -3.60. The Balaban J connectivity index is 0.00000196. The summed E-state index contributed by atoms with van der Waals surface area (Å²) >= 11 is 2.58. The standard InChI is InChI=1S/C6H5BrN2O4S.Na.H/c7-8-14(12,13)6-3-1-5(2-4-6)9(10)11;;/h1-4,8H;;. The second-order valence-electron chi connectivity index (χ2n) is 2.33. The van der Waals surface area contributed by atoms with Gasteiger partial charge in [0.1, 0.15) is 0 Å². The topological polar surface area (TPSA) is 89.3 Å². The van der Waals surface area contributed by atoms with Crippen molar-refractivity contribution in [2.45, 2.75) is 4.90 Å². The molecule has 1 aromatic carbocycles. The molecule has 0 bridgehead atoms. The molecule has 0 aliphatic carbocycles. The third kappa shape index (κ3) is 3.82. The van der Waals surface area contributed by atoms with Crippen LogP contribution >= 0.6 is 16.1 Å². The van der Waals surface area contributed by atoms with Gasteiger partial charge in [-0.25, -0.2) is 8.42 Å². The Bertz CT molecular complexity index is 447. The maximum atomic E-state index is 11.2. The average molecular weight is 305 g/mol. The van der Waals surface area contributed by atoms with Crippen LogP contribution in [0.1, 0.15) is 0 Å². The van der Waals surface area contributed by atoms with E-state index in [0.29, 0.717) is 0 Å². The molecule has 9 heteroatoms. The molecule has 0 radical (unpaired) electrons.